The Hall–Kier alpha value is -2.37. The van der Waals surface area contributed by atoms with Crippen molar-refractivity contribution in [3.05, 3.63) is 77.2 Å². The lowest BCUT2D eigenvalue weighted by atomic mass is 9.94. The van der Waals surface area contributed by atoms with Gasteiger partial charge in [0.1, 0.15) is 0 Å². The minimum absolute atomic E-state index is 0.0721. The number of likely N-dealkylation sites (tertiary alicyclic amines) is 2. The van der Waals surface area contributed by atoms with Crippen molar-refractivity contribution in [2.45, 2.75) is 12.5 Å². The molecule has 2 saturated heterocycles. The number of halogens is 1. The molecule has 2 aromatic rings. The predicted molar refractivity (Wildman–Crippen MR) is 113 cm³/mol. The maximum Gasteiger partial charge on any atom is 0.255 e. The largest absolute Gasteiger partial charge is 0.368 e. The fourth-order valence-electron chi connectivity index (χ4n) is 4.71. The number of benzene rings is 2. The zero-order chi connectivity index (χ0) is 20.4. The van der Waals surface area contributed by atoms with Crippen LogP contribution in [-0.2, 0) is 4.79 Å². The van der Waals surface area contributed by atoms with Crippen molar-refractivity contribution in [2.75, 3.05) is 26.2 Å². The normalized spacial score (nSPS) is 23.9. The van der Waals surface area contributed by atoms with Crippen LogP contribution >= 0.6 is 11.6 Å². The van der Waals surface area contributed by atoms with Crippen molar-refractivity contribution < 1.29 is 9.59 Å². The van der Waals surface area contributed by atoms with E-state index in [9.17, 15) is 9.59 Å². The van der Waals surface area contributed by atoms with E-state index in [2.05, 4.69) is 23.5 Å². The molecule has 1 radical (unpaired) electrons. The van der Waals surface area contributed by atoms with Gasteiger partial charge >= 0.3 is 0 Å². The Kier molecular flexibility index (Phi) is 5.88. The number of carbonyl (C=O) groups is 2. The highest BCUT2D eigenvalue weighted by atomic mass is 35.5. The lowest BCUT2D eigenvalue weighted by Crippen LogP contribution is -2.46. The maximum atomic E-state index is 12.9. The third kappa shape index (κ3) is 4.16. The van der Waals surface area contributed by atoms with Gasteiger partial charge in [-0.3, -0.25) is 14.5 Å². The third-order valence-electron chi connectivity index (χ3n) is 6.04. The molecule has 0 bridgehead atoms. The van der Waals surface area contributed by atoms with Crippen molar-refractivity contribution in [3.8, 4) is 0 Å². The molecule has 151 valence electrons. The van der Waals surface area contributed by atoms with Crippen LogP contribution in [0.4, 0.5) is 0 Å². The van der Waals surface area contributed by atoms with Crippen LogP contribution in [0.15, 0.2) is 54.6 Å². The van der Waals surface area contributed by atoms with E-state index in [0.29, 0.717) is 23.7 Å². The van der Waals surface area contributed by atoms with Crippen LogP contribution in [0.1, 0.15) is 22.3 Å². The molecule has 2 fully saturated rings. The van der Waals surface area contributed by atoms with E-state index in [0.717, 1.165) is 19.5 Å². The Morgan fingerprint density at radius 3 is 2.48 bits per heavy atom. The molecular weight excluding hydrogens is 386 g/mol. The molecule has 2 N–H and O–H groups in total. The number of hydrogen-bond donors (Lipinski definition) is 1. The minimum Gasteiger partial charge on any atom is -0.368 e. The van der Waals surface area contributed by atoms with Crippen molar-refractivity contribution in [1.29, 1.82) is 0 Å². The number of nitrogens with two attached hydrogens (primary N) is 1. The summed E-state index contributed by atoms with van der Waals surface area (Å²) in [6, 6.07) is 16.9. The van der Waals surface area contributed by atoms with E-state index >= 15 is 0 Å². The van der Waals surface area contributed by atoms with Crippen molar-refractivity contribution in [3.63, 3.8) is 0 Å². The fourth-order valence-corrected chi connectivity index (χ4v) is 4.93. The minimum atomic E-state index is -0.326. The molecular formula is C23H25ClN3O2. The number of primary amides is 1. The first-order valence-corrected chi connectivity index (χ1v) is 10.4. The van der Waals surface area contributed by atoms with Gasteiger partial charge in [0.25, 0.3) is 5.91 Å². The molecule has 0 aliphatic carbocycles. The molecule has 2 aliphatic heterocycles. The van der Waals surface area contributed by atoms with Crippen LogP contribution in [0.3, 0.4) is 0 Å². The van der Waals surface area contributed by atoms with Crippen LogP contribution in [0.5, 0.6) is 0 Å². The van der Waals surface area contributed by atoms with Crippen molar-refractivity contribution >= 4 is 23.4 Å². The van der Waals surface area contributed by atoms with E-state index in [-0.39, 0.29) is 29.7 Å². The van der Waals surface area contributed by atoms with Gasteiger partial charge in [0.15, 0.2) is 0 Å². The topological polar surface area (TPSA) is 66.6 Å². The van der Waals surface area contributed by atoms with E-state index in [4.69, 9.17) is 17.3 Å². The molecule has 4 rings (SSSR count). The van der Waals surface area contributed by atoms with Gasteiger partial charge in [-0.05, 0) is 43.0 Å². The van der Waals surface area contributed by atoms with Gasteiger partial charge in [0.05, 0.1) is 16.6 Å². The first kappa shape index (κ1) is 19.9. The number of hydrogen-bond acceptors (Lipinski definition) is 3. The monoisotopic (exact) mass is 410 g/mol. The Morgan fingerprint density at radius 1 is 1.03 bits per heavy atom. The summed E-state index contributed by atoms with van der Waals surface area (Å²) in [6.45, 7) is 2.75. The second kappa shape index (κ2) is 8.56. The molecule has 5 nitrogen and oxygen atoms in total. The van der Waals surface area contributed by atoms with Crippen LogP contribution in [0, 0.1) is 18.3 Å². The third-order valence-corrected chi connectivity index (χ3v) is 6.37. The van der Waals surface area contributed by atoms with Gasteiger partial charge in [-0.25, -0.2) is 0 Å². The lowest BCUT2D eigenvalue weighted by Gasteiger charge is -2.27. The highest BCUT2D eigenvalue weighted by Gasteiger charge is 2.50. The molecule has 2 unspecified atom stereocenters. The van der Waals surface area contributed by atoms with Gasteiger partial charge in [0, 0.05) is 25.6 Å². The number of rotatable bonds is 6. The summed E-state index contributed by atoms with van der Waals surface area (Å²) in [6.07, 6.45) is 3.04. The summed E-state index contributed by atoms with van der Waals surface area (Å²) in [5.41, 5.74) is 7.46. The van der Waals surface area contributed by atoms with Crippen molar-refractivity contribution in [2.24, 2.45) is 17.6 Å². The molecule has 2 heterocycles. The van der Waals surface area contributed by atoms with Crippen LogP contribution in [0.25, 0.3) is 0 Å². The fraction of sp³-hybridized carbons (Fsp3) is 0.348. The predicted octanol–water partition coefficient (Wildman–Crippen LogP) is 2.84. The van der Waals surface area contributed by atoms with Crippen LogP contribution < -0.4 is 5.73 Å². The van der Waals surface area contributed by atoms with Gasteiger partial charge < -0.3 is 10.6 Å². The smallest absolute Gasteiger partial charge is 0.255 e. The number of carbonyl (C=O) groups excluding carboxylic acids is 2. The average molecular weight is 411 g/mol. The highest BCUT2D eigenvalue weighted by molar-refractivity contribution is 6.33. The standard InChI is InChI=1S/C23H25ClN3O2/c24-20-11-5-4-10-18(20)23(29)27-14-17-13-26(21(22(25)28)19(17)15-27)12-6-9-16-7-2-1-3-8-16/h1-5,7-11,17,19,21H,6,12-15H2,(H2,25,28)/t17?,19-,21?/m1/s1. The molecule has 2 aromatic carbocycles. The van der Waals surface area contributed by atoms with Gasteiger partial charge in [-0.15, -0.1) is 0 Å². The molecule has 29 heavy (non-hydrogen) atoms. The quantitative estimate of drug-likeness (QED) is 0.796. The van der Waals surface area contributed by atoms with Crippen LogP contribution in [-0.4, -0.2) is 53.8 Å². The zero-order valence-electron chi connectivity index (χ0n) is 16.2. The average Bonchev–Trinajstić information content (AvgIpc) is 3.26. The molecule has 2 amide bonds. The first-order valence-electron chi connectivity index (χ1n) is 10.00. The Labute approximate surface area is 176 Å². The van der Waals surface area contributed by atoms with E-state index < -0.39 is 0 Å². The summed E-state index contributed by atoms with van der Waals surface area (Å²) in [5, 5.41) is 0.457. The highest BCUT2D eigenvalue weighted by Crippen LogP contribution is 2.37. The van der Waals surface area contributed by atoms with Gasteiger partial charge in [0.2, 0.25) is 5.91 Å². The molecule has 3 atom stereocenters. The summed E-state index contributed by atoms with van der Waals surface area (Å²) >= 11 is 6.19. The van der Waals surface area contributed by atoms with E-state index in [1.165, 1.54) is 5.56 Å². The summed E-state index contributed by atoms with van der Waals surface area (Å²) < 4.78 is 0. The molecule has 0 spiro atoms. The number of amides is 2. The Morgan fingerprint density at radius 2 is 1.76 bits per heavy atom. The van der Waals surface area contributed by atoms with Crippen molar-refractivity contribution in [1.82, 2.24) is 9.80 Å². The van der Waals surface area contributed by atoms with E-state index in [1.54, 1.807) is 12.1 Å². The number of nitrogens with zero attached hydrogens (tertiary/aromatic N) is 2. The molecule has 2 aliphatic rings. The Balaban J connectivity index is 1.39. The lowest BCUT2D eigenvalue weighted by molar-refractivity contribution is -0.123. The van der Waals surface area contributed by atoms with E-state index in [1.807, 2.05) is 35.2 Å². The summed E-state index contributed by atoms with van der Waals surface area (Å²) in [4.78, 5) is 29.1. The molecule has 0 saturated carbocycles. The molecule has 0 aromatic heterocycles. The van der Waals surface area contributed by atoms with Gasteiger partial charge in [-0.2, -0.15) is 0 Å². The number of fused-ring (bicyclic) bond motifs is 1. The second-order valence-corrected chi connectivity index (χ2v) is 8.27. The first-order chi connectivity index (χ1) is 14.0. The second-order valence-electron chi connectivity index (χ2n) is 7.86. The summed E-state index contributed by atoms with van der Waals surface area (Å²) in [5.74, 6) is -0.0345. The van der Waals surface area contributed by atoms with Crippen LogP contribution in [0.2, 0.25) is 5.02 Å². The summed E-state index contributed by atoms with van der Waals surface area (Å²) in [7, 11) is 0. The van der Waals surface area contributed by atoms with Gasteiger partial charge in [-0.1, -0.05) is 54.1 Å². The Bertz CT molecular complexity index is 889. The molecule has 6 heteroatoms. The SMILES string of the molecule is NC(=O)C1[C@@H]2CN(C(=O)c3ccccc3Cl)CC2CN1CC[CH]c1ccccc1. The zero-order valence-corrected chi connectivity index (χ0v) is 17.0. The maximum absolute atomic E-state index is 12.9.